The quantitative estimate of drug-likeness (QED) is 0.754. The highest BCUT2D eigenvalue weighted by molar-refractivity contribution is 7.72. The van der Waals surface area contributed by atoms with Gasteiger partial charge < -0.3 is 5.32 Å². The summed E-state index contributed by atoms with van der Waals surface area (Å²) in [5, 5.41) is 4.19. The Balaban J connectivity index is 1.77. The van der Waals surface area contributed by atoms with Gasteiger partial charge >= 0.3 is 0 Å². The van der Waals surface area contributed by atoms with E-state index in [4.69, 9.17) is 11.6 Å². The Morgan fingerprint density at radius 3 is 2.48 bits per heavy atom. The molecular formula is C18H28ClN3O2S. The molecule has 2 saturated heterocycles. The molecule has 7 heteroatoms. The van der Waals surface area contributed by atoms with E-state index in [-0.39, 0.29) is 11.9 Å². The predicted octanol–water partition coefficient (Wildman–Crippen LogP) is 1.58. The van der Waals surface area contributed by atoms with Crippen molar-refractivity contribution in [1.82, 2.24) is 15.1 Å². The van der Waals surface area contributed by atoms with Gasteiger partial charge in [0.1, 0.15) is 0 Å². The molecule has 0 amide bonds. The molecule has 1 N–H and O–H groups in total. The maximum Gasteiger partial charge on any atom is 0.153 e. The fraction of sp³-hybridized carbons (Fsp3) is 0.667. The van der Waals surface area contributed by atoms with Gasteiger partial charge in [0.25, 0.3) is 0 Å². The second-order valence-electron chi connectivity index (χ2n) is 7.26. The van der Waals surface area contributed by atoms with E-state index in [1.807, 2.05) is 12.1 Å². The number of thiol groups is 1. The van der Waals surface area contributed by atoms with Crippen molar-refractivity contribution < 1.29 is 8.42 Å². The third-order valence-electron chi connectivity index (χ3n) is 5.47. The molecule has 0 bridgehead atoms. The van der Waals surface area contributed by atoms with Crippen molar-refractivity contribution >= 4 is 22.3 Å². The molecule has 2 aliphatic rings. The molecule has 2 aliphatic heterocycles. The molecule has 2 atom stereocenters. The Labute approximate surface area is 157 Å². The molecule has 140 valence electrons. The van der Waals surface area contributed by atoms with Gasteiger partial charge in [-0.05, 0) is 57.0 Å². The normalized spacial score (nSPS) is 27.0. The summed E-state index contributed by atoms with van der Waals surface area (Å²) in [7, 11) is -2.38. The van der Waals surface area contributed by atoms with E-state index in [1.165, 1.54) is 18.4 Å². The largest absolute Gasteiger partial charge is 0.317 e. The van der Waals surface area contributed by atoms with E-state index in [0.29, 0.717) is 12.1 Å². The number of rotatable bonds is 5. The Bertz CT molecular complexity index is 624. The van der Waals surface area contributed by atoms with Crippen molar-refractivity contribution in [3.8, 4) is 0 Å². The first-order valence-corrected chi connectivity index (χ1v) is 10.8. The number of benzene rings is 1. The highest BCUT2D eigenvalue weighted by atomic mass is 35.5. The first-order chi connectivity index (χ1) is 12.0. The van der Waals surface area contributed by atoms with E-state index in [1.54, 1.807) is 0 Å². The van der Waals surface area contributed by atoms with Crippen LogP contribution in [0.3, 0.4) is 0 Å². The van der Waals surface area contributed by atoms with Crippen molar-refractivity contribution in [3.63, 3.8) is 0 Å². The molecule has 0 saturated carbocycles. The SMILES string of the molecule is C[C@H]1CN(C2CCNCC2)[C@@H](Cc2ccc(Cl)cc2)CN1C[SH](=O)=O. The molecule has 0 aromatic heterocycles. The number of piperazine rings is 1. The number of nitrogens with zero attached hydrogens (tertiary/aromatic N) is 2. The van der Waals surface area contributed by atoms with Gasteiger partial charge in [0.15, 0.2) is 10.7 Å². The molecule has 2 heterocycles. The molecule has 0 aliphatic carbocycles. The molecule has 0 radical (unpaired) electrons. The summed E-state index contributed by atoms with van der Waals surface area (Å²) in [6.45, 7) is 6.02. The first-order valence-electron chi connectivity index (χ1n) is 9.09. The highest BCUT2D eigenvalue weighted by Gasteiger charge is 2.36. The lowest BCUT2D eigenvalue weighted by molar-refractivity contribution is 0.00777. The zero-order valence-electron chi connectivity index (χ0n) is 14.7. The van der Waals surface area contributed by atoms with E-state index in [9.17, 15) is 8.42 Å². The van der Waals surface area contributed by atoms with Gasteiger partial charge in [-0.15, -0.1) is 0 Å². The highest BCUT2D eigenvalue weighted by Crippen LogP contribution is 2.25. The second kappa shape index (κ2) is 8.82. The van der Waals surface area contributed by atoms with Crippen LogP contribution in [0.5, 0.6) is 0 Å². The van der Waals surface area contributed by atoms with Crippen LogP contribution in [0.4, 0.5) is 0 Å². The van der Waals surface area contributed by atoms with Crippen molar-refractivity contribution in [1.29, 1.82) is 0 Å². The summed E-state index contributed by atoms with van der Waals surface area (Å²) in [6, 6.07) is 9.23. The minimum Gasteiger partial charge on any atom is -0.317 e. The van der Waals surface area contributed by atoms with Crippen molar-refractivity contribution in [2.45, 2.75) is 44.3 Å². The zero-order valence-corrected chi connectivity index (χ0v) is 16.4. The number of nitrogens with one attached hydrogen (secondary N) is 1. The molecule has 1 aromatic carbocycles. The van der Waals surface area contributed by atoms with Crippen molar-refractivity contribution in [2.24, 2.45) is 0 Å². The van der Waals surface area contributed by atoms with Crippen LogP contribution in [0.2, 0.25) is 5.02 Å². The van der Waals surface area contributed by atoms with Crippen molar-refractivity contribution in [2.75, 3.05) is 32.1 Å². The van der Waals surface area contributed by atoms with Crippen LogP contribution in [0.25, 0.3) is 0 Å². The molecule has 0 unspecified atom stereocenters. The number of hydrogen-bond donors (Lipinski definition) is 2. The topological polar surface area (TPSA) is 52.6 Å². The Morgan fingerprint density at radius 1 is 1.16 bits per heavy atom. The van der Waals surface area contributed by atoms with Crippen LogP contribution in [-0.4, -0.2) is 68.4 Å². The molecule has 25 heavy (non-hydrogen) atoms. The van der Waals surface area contributed by atoms with Crippen LogP contribution in [-0.2, 0) is 17.1 Å². The van der Waals surface area contributed by atoms with Gasteiger partial charge in [0.2, 0.25) is 0 Å². The Kier molecular flexibility index (Phi) is 6.74. The van der Waals surface area contributed by atoms with Gasteiger partial charge in [0.05, 0.1) is 5.88 Å². The van der Waals surface area contributed by atoms with Gasteiger partial charge in [-0.2, -0.15) is 0 Å². The van der Waals surface area contributed by atoms with Gasteiger partial charge in [-0.1, -0.05) is 23.7 Å². The average molecular weight is 386 g/mol. The lowest BCUT2D eigenvalue weighted by Gasteiger charge is -2.49. The van der Waals surface area contributed by atoms with Crippen LogP contribution in [0.1, 0.15) is 25.3 Å². The van der Waals surface area contributed by atoms with Gasteiger partial charge in [-0.3, -0.25) is 9.80 Å². The smallest absolute Gasteiger partial charge is 0.153 e. The van der Waals surface area contributed by atoms with E-state index in [2.05, 4.69) is 34.2 Å². The number of hydrogen-bond acceptors (Lipinski definition) is 5. The molecule has 0 spiro atoms. The first kappa shape index (κ1) is 19.1. The molecular weight excluding hydrogens is 358 g/mol. The van der Waals surface area contributed by atoms with E-state index >= 15 is 0 Å². The Morgan fingerprint density at radius 2 is 1.84 bits per heavy atom. The maximum atomic E-state index is 11.3. The summed E-state index contributed by atoms with van der Waals surface area (Å²) >= 11 is 6.01. The van der Waals surface area contributed by atoms with Crippen molar-refractivity contribution in [3.05, 3.63) is 34.9 Å². The zero-order chi connectivity index (χ0) is 17.8. The third-order valence-corrected chi connectivity index (χ3v) is 6.32. The molecule has 3 rings (SSSR count). The van der Waals surface area contributed by atoms with Crippen LogP contribution in [0.15, 0.2) is 24.3 Å². The summed E-state index contributed by atoms with van der Waals surface area (Å²) in [5.41, 5.74) is 1.26. The minimum absolute atomic E-state index is 0.160. The molecule has 5 nitrogen and oxygen atoms in total. The Hall–Kier alpha value is -0.660. The molecule has 1 aromatic rings. The summed E-state index contributed by atoms with van der Waals surface area (Å²) in [6.07, 6.45) is 3.26. The van der Waals surface area contributed by atoms with Crippen LogP contribution >= 0.6 is 11.6 Å². The maximum absolute atomic E-state index is 11.3. The standard InChI is InChI=1S/C18H28ClN3O2S/c1-14-11-22(17-6-8-20-9-7-17)18(12-21(14)13-25(23)24)10-15-2-4-16(19)5-3-15/h2-5,14,17-18,20,25H,6-13H2,1H3/t14-,18-/m0/s1. The van der Waals surface area contributed by atoms with Gasteiger partial charge in [0, 0.05) is 36.2 Å². The van der Waals surface area contributed by atoms with E-state index < -0.39 is 10.7 Å². The fourth-order valence-corrected chi connectivity index (χ4v) is 4.95. The monoisotopic (exact) mass is 385 g/mol. The minimum atomic E-state index is -2.38. The summed E-state index contributed by atoms with van der Waals surface area (Å²) in [5.74, 6) is 0.160. The lowest BCUT2D eigenvalue weighted by Crippen LogP contribution is -2.62. The number of halogens is 1. The van der Waals surface area contributed by atoms with E-state index in [0.717, 1.165) is 37.6 Å². The second-order valence-corrected chi connectivity index (χ2v) is 8.64. The summed E-state index contributed by atoms with van der Waals surface area (Å²) in [4.78, 5) is 4.75. The van der Waals surface area contributed by atoms with Crippen LogP contribution in [0, 0.1) is 0 Å². The predicted molar refractivity (Wildman–Crippen MR) is 103 cm³/mol. The van der Waals surface area contributed by atoms with Crippen LogP contribution < -0.4 is 5.32 Å². The fourth-order valence-electron chi connectivity index (χ4n) is 4.13. The summed E-state index contributed by atoms with van der Waals surface area (Å²) < 4.78 is 22.5. The third kappa shape index (κ3) is 5.17. The lowest BCUT2D eigenvalue weighted by atomic mass is 9.95. The molecule has 2 fully saturated rings. The average Bonchev–Trinajstić information content (AvgIpc) is 2.60. The van der Waals surface area contributed by atoms with Gasteiger partial charge in [-0.25, -0.2) is 8.42 Å². The number of piperidine rings is 1.